The van der Waals surface area contributed by atoms with Gasteiger partial charge in [-0.25, -0.2) is 0 Å². The molecule has 220 valence electrons. The molecular weight excluding hydrogens is 525 g/mol. The van der Waals surface area contributed by atoms with E-state index in [9.17, 15) is 27.6 Å². The summed E-state index contributed by atoms with van der Waals surface area (Å²) in [7, 11) is 0. The summed E-state index contributed by atoms with van der Waals surface area (Å²) in [5, 5.41) is 11.3. The van der Waals surface area contributed by atoms with Crippen molar-refractivity contribution in [2.75, 3.05) is 6.54 Å². The van der Waals surface area contributed by atoms with Crippen LogP contribution in [0.15, 0.2) is 48.5 Å². The monoisotopic (exact) mass is 564 g/mol. The molecule has 0 atom stereocenters. The van der Waals surface area contributed by atoms with Gasteiger partial charge < -0.3 is 20.1 Å². The molecule has 2 aromatic rings. The zero-order valence-corrected chi connectivity index (χ0v) is 22.4. The van der Waals surface area contributed by atoms with Crippen LogP contribution >= 0.6 is 0 Å². The van der Waals surface area contributed by atoms with E-state index in [0.29, 0.717) is 11.5 Å². The molecule has 0 aliphatic heterocycles. The van der Waals surface area contributed by atoms with Crippen LogP contribution in [-0.2, 0) is 11.3 Å². The first kappa shape index (κ1) is 32.7. The Bertz CT molecular complexity index is 1130. The van der Waals surface area contributed by atoms with Gasteiger partial charge in [0.15, 0.2) is 0 Å². The molecule has 10 heteroatoms. The predicted octanol–water partition coefficient (Wildman–Crippen LogP) is 6.67. The molecule has 0 aromatic heterocycles. The van der Waals surface area contributed by atoms with Crippen LogP contribution in [0.25, 0.3) is 0 Å². The van der Waals surface area contributed by atoms with Crippen LogP contribution in [0.1, 0.15) is 86.6 Å². The smallest absolute Gasteiger partial charge is 0.481 e. The summed E-state index contributed by atoms with van der Waals surface area (Å²) >= 11 is 0. The van der Waals surface area contributed by atoms with Crippen molar-refractivity contribution in [1.82, 2.24) is 10.2 Å². The molecule has 3 rings (SSSR count). The number of rotatable bonds is 9. The molecule has 1 saturated carbocycles. The lowest BCUT2D eigenvalue weighted by Gasteiger charge is -2.41. The van der Waals surface area contributed by atoms with E-state index in [4.69, 9.17) is 5.11 Å². The van der Waals surface area contributed by atoms with E-state index in [0.717, 1.165) is 43.4 Å². The van der Waals surface area contributed by atoms with Crippen LogP contribution in [0.3, 0.4) is 0 Å². The third kappa shape index (κ3) is 9.57. The second-order valence-corrected chi connectivity index (χ2v) is 11.0. The molecule has 2 aromatic carbocycles. The highest BCUT2D eigenvalue weighted by atomic mass is 19.4. The lowest BCUT2D eigenvalue weighted by molar-refractivity contribution is -0.274. The highest BCUT2D eigenvalue weighted by Crippen LogP contribution is 2.39. The molecule has 7 nitrogen and oxygen atoms in total. The van der Waals surface area contributed by atoms with E-state index < -0.39 is 24.0 Å². The van der Waals surface area contributed by atoms with Crippen molar-refractivity contribution in [3.8, 4) is 5.75 Å². The van der Waals surface area contributed by atoms with Gasteiger partial charge in [-0.05, 0) is 79.0 Å². The number of carboxylic acids is 1. The summed E-state index contributed by atoms with van der Waals surface area (Å²) in [6.07, 6.45) is -1.44. The molecule has 0 radical (unpaired) electrons. The fraction of sp³-hybridized carbons (Fsp3) is 0.500. The Labute approximate surface area is 233 Å². The number of halogens is 3. The third-order valence-electron chi connectivity index (χ3n) is 7.15. The second kappa shape index (κ2) is 13.7. The van der Waals surface area contributed by atoms with Crippen molar-refractivity contribution in [2.24, 2.45) is 11.3 Å². The predicted molar refractivity (Wildman–Crippen MR) is 146 cm³/mol. The maximum Gasteiger partial charge on any atom is 0.573 e. The summed E-state index contributed by atoms with van der Waals surface area (Å²) in [5.74, 6) is -1.55. The minimum absolute atomic E-state index is 0. The summed E-state index contributed by atoms with van der Waals surface area (Å²) in [5.41, 5.74) is 1.58. The standard InChI is InChI=1S/C29H35F3N2O5.CH4/c1-28(2,3)22-10-12-23(13-11-22)34(27(38)21-8-14-24(15-9-21)39-29(30,31)32)18-19-4-6-20(7-5-19)26(37)33-17-16-25(35)36;/h4-9,14-15,22-23H,10-13,16-18H2,1-3H3,(H,33,37)(H,35,36);1H4. The highest BCUT2D eigenvalue weighted by molar-refractivity contribution is 5.95. The number of benzene rings is 2. The van der Waals surface area contributed by atoms with Gasteiger partial charge in [0.25, 0.3) is 11.8 Å². The minimum atomic E-state index is -4.82. The van der Waals surface area contributed by atoms with Crippen LogP contribution in [0, 0.1) is 11.3 Å². The van der Waals surface area contributed by atoms with Crippen molar-refractivity contribution in [3.05, 3.63) is 65.2 Å². The number of carbonyl (C=O) groups excluding carboxylic acids is 2. The van der Waals surface area contributed by atoms with E-state index in [1.807, 2.05) is 0 Å². The minimum Gasteiger partial charge on any atom is -0.481 e. The van der Waals surface area contributed by atoms with E-state index in [1.54, 1.807) is 29.2 Å². The number of nitrogens with one attached hydrogen (secondary N) is 1. The average Bonchev–Trinajstić information content (AvgIpc) is 2.86. The van der Waals surface area contributed by atoms with Gasteiger partial charge in [0, 0.05) is 30.3 Å². The Hall–Kier alpha value is -3.56. The molecule has 0 bridgehead atoms. The van der Waals surface area contributed by atoms with Gasteiger partial charge in [-0.15, -0.1) is 13.2 Å². The molecule has 2 N–H and O–H groups in total. The maximum absolute atomic E-state index is 13.6. The van der Waals surface area contributed by atoms with E-state index in [1.165, 1.54) is 12.1 Å². The summed E-state index contributed by atoms with van der Waals surface area (Å²) < 4.78 is 41.6. The topological polar surface area (TPSA) is 95.9 Å². The number of carbonyl (C=O) groups is 3. The Balaban J connectivity index is 0.00000560. The first-order valence-corrected chi connectivity index (χ1v) is 13.0. The number of nitrogens with zero attached hydrogens (tertiary/aromatic N) is 1. The van der Waals surface area contributed by atoms with E-state index in [2.05, 4.69) is 30.8 Å². The van der Waals surface area contributed by atoms with Gasteiger partial charge in [-0.1, -0.05) is 40.3 Å². The molecule has 0 spiro atoms. The Morgan fingerprint density at radius 3 is 1.98 bits per heavy atom. The van der Waals surface area contributed by atoms with Crippen LogP contribution in [-0.4, -0.2) is 46.7 Å². The third-order valence-corrected chi connectivity index (χ3v) is 7.15. The second-order valence-electron chi connectivity index (χ2n) is 11.0. The van der Waals surface area contributed by atoms with Gasteiger partial charge in [0.1, 0.15) is 5.75 Å². The van der Waals surface area contributed by atoms with Gasteiger partial charge in [0.05, 0.1) is 6.42 Å². The number of ether oxygens (including phenoxy) is 1. The maximum atomic E-state index is 13.6. The first-order valence-electron chi connectivity index (χ1n) is 13.0. The Morgan fingerprint density at radius 1 is 0.925 bits per heavy atom. The zero-order valence-electron chi connectivity index (χ0n) is 22.4. The largest absolute Gasteiger partial charge is 0.573 e. The van der Waals surface area contributed by atoms with Crippen LogP contribution in [0.2, 0.25) is 0 Å². The summed E-state index contributed by atoms with van der Waals surface area (Å²) in [4.78, 5) is 38.3. The first-order chi connectivity index (χ1) is 18.2. The molecular formula is C30H39F3N2O5. The van der Waals surface area contributed by atoms with Crippen LogP contribution in [0.4, 0.5) is 13.2 Å². The molecule has 1 aliphatic rings. The Morgan fingerprint density at radius 2 is 1.48 bits per heavy atom. The van der Waals surface area contributed by atoms with Gasteiger partial charge in [-0.2, -0.15) is 0 Å². The zero-order chi connectivity index (χ0) is 28.8. The summed E-state index contributed by atoms with van der Waals surface area (Å²) in [6, 6.07) is 11.6. The van der Waals surface area contributed by atoms with Gasteiger partial charge in [0.2, 0.25) is 0 Å². The lowest BCUT2D eigenvalue weighted by Crippen LogP contribution is -2.43. The van der Waals surface area contributed by atoms with Crippen molar-refractivity contribution >= 4 is 17.8 Å². The van der Waals surface area contributed by atoms with Gasteiger partial charge in [-0.3, -0.25) is 14.4 Å². The van der Waals surface area contributed by atoms with Crippen molar-refractivity contribution < 1.29 is 37.4 Å². The number of aliphatic carboxylic acids is 1. The van der Waals surface area contributed by atoms with Crippen molar-refractivity contribution in [1.29, 1.82) is 0 Å². The van der Waals surface area contributed by atoms with Crippen LogP contribution < -0.4 is 10.1 Å². The summed E-state index contributed by atoms with van der Waals surface area (Å²) in [6.45, 7) is 6.92. The number of alkyl halides is 3. The SMILES string of the molecule is C.CC(C)(C)C1CCC(N(Cc2ccc(C(=O)NCCC(=O)O)cc2)C(=O)c2ccc(OC(F)(F)F)cc2)CC1. The fourth-order valence-electron chi connectivity index (χ4n) is 4.93. The normalized spacial score (nSPS) is 17.4. The van der Waals surface area contributed by atoms with E-state index >= 15 is 0 Å². The molecule has 0 saturated heterocycles. The average molecular weight is 565 g/mol. The number of amides is 2. The molecule has 1 aliphatic carbocycles. The number of carboxylic acid groups (broad SMARTS) is 1. The van der Waals surface area contributed by atoms with Crippen molar-refractivity contribution in [3.63, 3.8) is 0 Å². The Kier molecular flexibility index (Phi) is 11.2. The van der Waals surface area contributed by atoms with Crippen LogP contribution in [0.5, 0.6) is 5.75 Å². The molecule has 0 heterocycles. The van der Waals surface area contributed by atoms with Crippen molar-refractivity contribution in [2.45, 2.75) is 79.3 Å². The quantitative estimate of drug-likeness (QED) is 0.355. The number of hydrogen-bond acceptors (Lipinski definition) is 4. The molecule has 2 amide bonds. The highest BCUT2D eigenvalue weighted by Gasteiger charge is 2.34. The molecule has 1 fully saturated rings. The molecule has 0 unspecified atom stereocenters. The molecule has 40 heavy (non-hydrogen) atoms. The number of hydrogen-bond donors (Lipinski definition) is 2. The fourth-order valence-corrected chi connectivity index (χ4v) is 4.93. The van der Waals surface area contributed by atoms with Gasteiger partial charge >= 0.3 is 12.3 Å². The van der Waals surface area contributed by atoms with E-state index in [-0.39, 0.29) is 49.9 Å². The lowest BCUT2D eigenvalue weighted by atomic mass is 9.71.